The van der Waals surface area contributed by atoms with Gasteiger partial charge in [0.1, 0.15) is 18.1 Å². The van der Waals surface area contributed by atoms with Crippen molar-refractivity contribution in [3.63, 3.8) is 0 Å². The van der Waals surface area contributed by atoms with E-state index in [9.17, 15) is 10.4 Å². The van der Waals surface area contributed by atoms with Crippen LogP contribution in [0.5, 0.6) is 6.01 Å². The number of hydrogen-bond acceptors (Lipinski definition) is 8. The maximum atomic E-state index is 10.4. The van der Waals surface area contributed by atoms with Crippen molar-refractivity contribution in [2.24, 2.45) is 5.92 Å². The summed E-state index contributed by atoms with van der Waals surface area (Å²) < 4.78 is 13.2. The molecule has 0 bridgehead atoms. The molecule has 2 fully saturated rings. The molecule has 132 valence electrons. The topological polar surface area (TPSA) is 132 Å². The molecule has 2 aliphatic rings. The Morgan fingerprint density at radius 3 is 2.84 bits per heavy atom. The molecule has 3 heterocycles. The first kappa shape index (κ1) is 16.1. The van der Waals surface area contributed by atoms with E-state index in [-0.39, 0.29) is 17.9 Å². The summed E-state index contributed by atoms with van der Waals surface area (Å²) in [4.78, 5) is 12.8. The van der Waals surface area contributed by atoms with Gasteiger partial charge in [-0.25, -0.2) is 4.98 Å². The van der Waals surface area contributed by atoms with Crippen LogP contribution in [0.2, 0.25) is 0 Å². The molecule has 9 nitrogen and oxygen atoms in total. The molecule has 1 aliphatic carbocycles. The molecule has 9 heteroatoms. The monoisotopic (exact) mass is 344 g/mol. The highest BCUT2D eigenvalue weighted by Crippen LogP contribution is 2.35. The van der Waals surface area contributed by atoms with Gasteiger partial charge in [0.2, 0.25) is 0 Å². The molecule has 0 amide bonds. The van der Waals surface area contributed by atoms with Crippen molar-refractivity contribution in [2.45, 2.75) is 57.1 Å². The molecule has 0 spiro atoms. The Hall–Kier alpha value is -2.44. The number of nitrogen functional groups attached to an aromatic ring is 1. The highest BCUT2D eigenvalue weighted by atomic mass is 16.5. The summed E-state index contributed by atoms with van der Waals surface area (Å²) in [6, 6.07) is 2.29. The van der Waals surface area contributed by atoms with Crippen LogP contribution in [0.15, 0.2) is 6.33 Å². The van der Waals surface area contributed by atoms with E-state index in [0.717, 1.165) is 25.7 Å². The Kier molecular flexibility index (Phi) is 3.94. The average molecular weight is 344 g/mol. The van der Waals surface area contributed by atoms with Gasteiger partial charge in [-0.1, -0.05) is 0 Å². The summed E-state index contributed by atoms with van der Waals surface area (Å²) in [6.07, 6.45) is 3.70. The van der Waals surface area contributed by atoms with E-state index >= 15 is 0 Å². The van der Waals surface area contributed by atoms with Gasteiger partial charge in [0.15, 0.2) is 23.2 Å². The van der Waals surface area contributed by atoms with Crippen molar-refractivity contribution in [2.75, 3.05) is 5.73 Å². The third-order valence-electron chi connectivity index (χ3n) is 4.95. The normalized spacial score (nSPS) is 30.0. The number of hydrogen-bond donors (Lipinski definition) is 2. The minimum atomic E-state index is -0.979. The standard InChI is InChI=1S/C16H20N6O3/c1-8-10(6-17)12(23)15(24-8)22-7-19-11-13(18)20-16(21-14(11)22)25-9-4-2-3-5-9/h7-10,12,15,23H,2-5H2,1H3,(H2,18,20,21)/t8-,10+,12-,15-/m1/s1. The van der Waals surface area contributed by atoms with E-state index in [4.69, 9.17) is 15.2 Å². The van der Waals surface area contributed by atoms with Crippen LogP contribution in [0.1, 0.15) is 38.8 Å². The number of aromatic nitrogens is 4. The van der Waals surface area contributed by atoms with Gasteiger partial charge in [0.05, 0.1) is 18.5 Å². The number of rotatable bonds is 3. The fourth-order valence-corrected chi connectivity index (χ4v) is 3.56. The van der Waals surface area contributed by atoms with Crippen molar-refractivity contribution in [3.8, 4) is 12.1 Å². The van der Waals surface area contributed by atoms with Crippen LogP contribution in [0.4, 0.5) is 5.82 Å². The van der Waals surface area contributed by atoms with Crippen LogP contribution >= 0.6 is 0 Å². The first-order valence-corrected chi connectivity index (χ1v) is 8.48. The fraction of sp³-hybridized carbons (Fsp3) is 0.625. The lowest BCUT2D eigenvalue weighted by Crippen LogP contribution is -2.24. The van der Waals surface area contributed by atoms with Crippen molar-refractivity contribution >= 4 is 17.0 Å². The van der Waals surface area contributed by atoms with E-state index in [1.165, 1.54) is 6.33 Å². The third kappa shape index (κ3) is 2.67. The van der Waals surface area contributed by atoms with Gasteiger partial charge in [0, 0.05) is 0 Å². The van der Waals surface area contributed by atoms with Gasteiger partial charge in [-0.3, -0.25) is 4.57 Å². The molecule has 0 aromatic carbocycles. The average Bonchev–Trinajstić information content (AvgIpc) is 3.28. The molecular weight excluding hydrogens is 324 g/mol. The number of anilines is 1. The molecule has 0 unspecified atom stereocenters. The quantitative estimate of drug-likeness (QED) is 0.847. The Morgan fingerprint density at radius 1 is 1.40 bits per heavy atom. The molecule has 3 N–H and O–H groups in total. The summed E-state index contributed by atoms with van der Waals surface area (Å²) in [5, 5.41) is 19.6. The van der Waals surface area contributed by atoms with E-state index in [1.54, 1.807) is 11.5 Å². The molecule has 25 heavy (non-hydrogen) atoms. The van der Waals surface area contributed by atoms with Crippen LogP contribution in [-0.4, -0.2) is 42.9 Å². The Balaban J connectivity index is 1.70. The minimum Gasteiger partial charge on any atom is -0.460 e. The molecule has 2 aromatic heterocycles. The second-order valence-electron chi connectivity index (χ2n) is 6.62. The molecule has 4 rings (SSSR count). The van der Waals surface area contributed by atoms with Gasteiger partial charge in [-0.05, 0) is 32.6 Å². The number of nitrogens with two attached hydrogens (primary N) is 1. The molecule has 1 saturated heterocycles. The predicted octanol–water partition coefficient (Wildman–Crippen LogP) is 1.15. The number of ether oxygens (including phenoxy) is 2. The van der Waals surface area contributed by atoms with Crippen molar-refractivity contribution in [1.29, 1.82) is 5.26 Å². The lowest BCUT2D eigenvalue weighted by Gasteiger charge is -2.17. The molecular formula is C16H20N6O3. The van der Waals surface area contributed by atoms with Crippen LogP contribution < -0.4 is 10.5 Å². The van der Waals surface area contributed by atoms with Crippen LogP contribution in [0.3, 0.4) is 0 Å². The first-order valence-electron chi connectivity index (χ1n) is 8.48. The second kappa shape index (κ2) is 6.13. The largest absolute Gasteiger partial charge is 0.460 e. The molecule has 4 atom stereocenters. The summed E-state index contributed by atoms with van der Waals surface area (Å²) in [5.41, 5.74) is 6.84. The van der Waals surface area contributed by atoms with E-state index in [0.29, 0.717) is 11.2 Å². The summed E-state index contributed by atoms with van der Waals surface area (Å²) >= 11 is 0. The highest BCUT2D eigenvalue weighted by molar-refractivity contribution is 5.82. The smallest absolute Gasteiger partial charge is 0.320 e. The van der Waals surface area contributed by atoms with Crippen LogP contribution in [0, 0.1) is 17.2 Å². The number of nitriles is 1. The number of aliphatic hydroxyl groups is 1. The number of nitrogens with zero attached hydrogens (tertiary/aromatic N) is 5. The minimum absolute atomic E-state index is 0.101. The van der Waals surface area contributed by atoms with E-state index in [1.807, 2.05) is 0 Å². The number of imidazole rings is 1. The number of aliphatic hydroxyl groups excluding tert-OH is 1. The Labute approximate surface area is 144 Å². The summed E-state index contributed by atoms with van der Waals surface area (Å²) in [7, 11) is 0. The maximum Gasteiger partial charge on any atom is 0.320 e. The number of fused-ring (bicyclic) bond motifs is 1. The third-order valence-corrected chi connectivity index (χ3v) is 4.95. The van der Waals surface area contributed by atoms with Gasteiger partial charge < -0.3 is 20.3 Å². The lowest BCUT2D eigenvalue weighted by atomic mass is 10.0. The van der Waals surface area contributed by atoms with Crippen molar-refractivity contribution < 1.29 is 14.6 Å². The maximum absolute atomic E-state index is 10.4. The lowest BCUT2D eigenvalue weighted by molar-refractivity contribution is -0.0298. The first-order chi connectivity index (χ1) is 12.1. The molecule has 1 saturated carbocycles. The summed E-state index contributed by atoms with van der Waals surface area (Å²) in [6.45, 7) is 1.76. The summed E-state index contributed by atoms with van der Waals surface area (Å²) in [5.74, 6) is -0.398. The predicted molar refractivity (Wildman–Crippen MR) is 87.3 cm³/mol. The fourth-order valence-electron chi connectivity index (χ4n) is 3.56. The molecule has 2 aromatic rings. The highest BCUT2D eigenvalue weighted by Gasteiger charge is 2.43. The Morgan fingerprint density at radius 2 is 2.16 bits per heavy atom. The zero-order valence-corrected chi connectivity index (χ0v) is 13.9. The van der Waals surface area contributed by atoms with E-state index < -0.39 is 24.4 Å². The zero-order valence-electron chi connectivity index (χ0n) is 13.9. The van der Waals surface area contributed by atoms with Gasteiger partial charge in [-0.2, -0.15) is 15.2 Å². The SMILES string of the molecule is C[C@H]1O[C@@H](n2cnc3c(N)nc(OC4CCCC4)nc32)[C@H](O)[C@H]1C#N. The van der Waals surface area contributed by atoms with Crippen LogP contribution in [-0.2, 0) is 4.74 Å². The Bertz CT molecular complexity index is 825. The van der Waals surface area contributed by atoms with Crippen LogP contribution in [0.25, 0.3) is 11.2 Å². The zero-order chi connectivity index (χ0) is 17.6. The van der Waals surface area contributed by atoms with Gasteiger partial charge in [-0.15, -0.1) is 0 Å². The van der Waals surface area contributed by atoms with Crippen molar-refractivity contribution in [1.82, 2.24) is 19.5 Å². The molecule has 0 radical (unpaired) electrons. The van der Waals surface area contributed by atoms with Gasteiger partial charge in [0.25, 0.3) is 0 Å². The van der Waals surface area contributed by atoms with Crippen molar-refractivity contribution in [3.05, 3.63) is 6.33 Å². The van der Waals surface area contributed by atoms with E-state index in [2.05, 4.69) is 21.0 Å². The van der Waals surface area contributed by atoms with Gasteiger partial charge >= 0.3 is 6.01 Å². The molecule has 1 aliphatic heterocycles. The second-order valence-corrected chi connectivity index (χ2v) is 6.62.